The molecule has 2 fully saturated rings. The summed E-state index contributed by atoms with van der Waals surface area (Å²) in [5.74, 6) is 2.88. The molecule has 0 aromatic carbocycles. The van der Waals surface area contributed by atoms with Crippen molar-refractivity contribution < 1.29 is 4.79 Å². The van der Waals surface area contributed by atoms with Gasteiger partial charge in [-0.1, -0.05) is 13.3 Å². The van der Waals surface area contributed by atoms with Gasteiger partial charge in [-0.25, -0.2) is 0 Å². The number of nitrogens with two attached hydrogens (primary N) is 1. The molecule has 17 heavy (non-hydrogen) atoms. The number of hydrogen-bond donors (Lipinski definition) is 2. The summed E-state index contributed by atoms with van der Waals surface area (Å²) >= 11 is 0. The van der Waals surface area contributed by atoms with Gasteiger partial charge in [0.2, 0.25) is 5.91 Å². The van der Waals surface area contributed by atoms with Crippen molar-refractivity contribution in [3.63, 3.8) is 0 Å². The molecule has 5 atom stereocenters. The van der Waals surface area contributed by atoms with Gasteiger partial charge in [0.15, 0.2) is 0 Å². The molecule has 0 saturated heterocycles. The molecule has 0 aliphatic heterocycles. The molecule has 2 saturated carbocycles. The third-order valence-corrected chi connectivity index (χ3v) is 4.90. The first-order valence-electron chi connectivity index (χ1n) is 7.11. The number of amides is 1. The Kier molecular flexibility index (Phi) is 4.08. The maximum absolute atomic E-state index is 11.7. The Labute approximate surface area is 105 Å². The summed E-state index contributed by atoms with van der Waals surface area (Å²) in [6, 6.07) is -0.0579. The van der Waals surface area contributed by atoms with E-state index in [0.717, 1.165) is 24.3 Å². The van der Waals surface area contributed by atoms with E-state index in [9.17, 15) is 4.79 Å². The van der Waals surface area contributed by atoms with Crippen LogP contribution in [0.4, 0.5) is 0 Å². The maximum atomic E-state index is 11.7. The molecule has 3 heteroatoms. The van der Waals surface area contributed by atoms with E-state index in [1.807, 2.05) is 13.8 Å². The minimum absolute atomic E-state index is 0.0579. The molecular weight excluding hydrogens is 212 g/mol. The van der Waals surface area contributed by atoms with Gasteiger partial charge in [0.1, 0.15) is 0 Å². The van der Waals surface area contributed by atoms with Crippen molar-refractivity contribution in [1.82, 2.24) is 5.32 Å². The lowest BCUT2D eigenvalue weighted by Gasteiger charge is -2.22. The van der Waals surface area contributed by atoms with Crippen molar-refractivity contribution in [2.24, 2.45) is 29.4 Å². The monoisotopic (exact) mass is 238 g/mol. The summed E-state index contributed by atoms with van der Waals surface area (Å²) in [5, 5.41) is 3.03. The Balaban J connectivity index is 1.65. The number of rotatable bonds is 5. The molecule has 2 rings (SSSR count). The van der Waals surface area contributed by atoms with Gasteiger partial charge in [-0.3, -0.25) is 4.79 Å². The summed E-state index contributed by atoms with van der Waals surface area (Å²) in [5.41, 5.74) is 5.72. The maximum Gasteiger partial charge on any atom is 0.224 e. The van der Waals surface area contributed by atoms with Crippen LogP contribution in [0.2, 0.25) is 0 Å². The van der Waals surface area contributed by atoms with Crippen LogP contribution in [0.25, 0.3) is 0 Å². The SMILES string of the molecule is CC(N)C(C)C(=O)NCCC1CC2CCC1C2. The van der Waals surface area contributed by atoms with Gasteiger partial charge in [0, 0.05) is 18.5 Å². The van der Waals surface area contributed by atoms with Crippen molar-refractivity contribution in [3.05, 3.63) is 0 Å². The smallest absolute Gasteiger partial charge is 0.224 e. The van der Waals surface area contributed by atoms with E-state index < -0.39 is 0 Å². The van der Waals surface area contributed by atoms with E-state index in [-0.39, 0.29) is 17.9 Å². The molecule has 2 bridgehead atoms. The summed E-state index contributed by atoms with van der Waals surface area (Å²) in [6.45, 7) is 4.63. The molecule has 2 aliphatic carbocycles. The van der Waals surface area contributed by atoms with Crippen LogP contribution < -0.4 is 11.1 Å². The van der Waals surface area contributed by atoms with Crippen LogP contribution in [0.3, 0.4) is 0 Å². The van der Waals surface area contributed by atoms with E-state index in [2.05, 4.69) is 5.32 Å². The Morgan fingerprint density at radius 3 is 2.65 bits per heavy atom. The second kappa shape index (κ2) is 5.38. The quantitative estimate of drug-likeness (QED) is 0.768. The van der Waals surface area contributed by atoms with Crippen LogP contribution in [0.15, 0.2) is 0 Å². The van der Waals surface area contributed by atoms with Crippen LogP contribution in [0.1, 0.15) is 46.0 Å². The van der Waals surface area contributed by atoms with Crippen LogP contribution >= 0.6 is 0 Å². The minimum atomic E-state index is -0.0740. The van der Waals surface area contributed by atoms with E-state index in [1.54, 1.807) is 0 Å². The van der Waals surface area contributed by atoms with E-state index >= 15 is 0 Å². The van der Waals surface area contributed by atoms with Crippen LogP contribution in [0, 0.1) is 23.7 Å². The molecule has 3 N–H and O–H groups in total. The first-order chi connectivity index (χ1) is 8.08. The first-order valence-corrected chi connectivity index (χ1v) is 7.11. The highest BCUT2D eigenvalue weighted by Gasteiger charge is 2.38. The Morgan fingerprint density at radius 2 is 2.12 bits per heavy atom. The van der Waals surface area contributed by atoms with Crippen molar-refractivity contribution >= 4 is 5.91 Å². The molecule has 0 radical (unpaired) electrons. The van der Waals surface area contributed by atoms with E-state index in [1.165, 1.54) is 32.1 Å². The van der Waals surface area contributed by atoms with Crippen molar-refractivity contribution in [1.29, 1.82) is 0 Å². The topological polar surface area (TPSA) is 55.1 Å². The predicted octanol–water partition coefficient (Wildman–Crippen LogP) is 1.91. The first kappa shape index (κ1) is 12.9. The molecule has 2 aliphatic rings. The highest BCUT2D eigenvalue weighted by molar-refractivity contribution is 5.78. The standard InChI is InChI=1S/C14H26N2O/c1-9(10(2)15)14(17)16-6-5-13-8-11-3-4-12(13)7-11/h9-13H,3-8,15H2,1-2H3,(H,16,17). The number of nitrogens with one attached hydrogen (secondary N) is 1. The average Bonchev–Trinajstić information content (AvgIpc) is 2.89. The summed E-state index contributed by atoms with van der Waals surface area (Å²) < 4.78 is 0. The predicted molar refractivity (Wildman–Crippen MR) is 69.4 cm³/mol. The fourth-order valence-corrected chi connectivity index (χ4v) is 3.51. The second-order valence-corrected chi connectivity index (χ2v) is 6.16. The van der Waals surface area contributed by atoms with Gasteiger partial charge < -0.3 is 11.1 Å². The molecule has 0 aromatic rings. The molecule has 0 spiro atoms. The van der Waals surface area contributed by atoms with Gasteiger partial charge in [-0.05, 0) is 50.4 Å². The van der Waals surface area contributed by atoms with Gasteiger partial charge >= 0.3 is 0 Å². The zero-order chi connectivity index (χ0) is 12.4. The summed E-state index contributed by atoms with van der Waals surface area (Å²) in [7, 11) is 0. The number of carbonyl (C=O) groups excluding carboxylic acids is 1. The minimum Gasteiger partial charge on any atom is -0.356 e. The Morgan fingerprint density at radius 1 is 1.35 bits per heavy atom. The lowest BCUT2D eigenvalue weighted by atomic mass is 9.86. The number of fused-ring (bicyclic) bond motifs is 2. The summed E-state index contributed by atoms with van der Waals surface area (Å²) in [4.78, 5) is 11.7. The zero-order valence-electron chi connectivity index (χ0n) is 11.1. The van der Waals surface area contributed by atoms with E-state index in [4.69, 9.17) is 5.73 Å². The van der Waals surface area contributed by atoms with Crippen molar-refractivity contribution in [2.75, 3.05) is 6.54 Å². The average molecular weight is 238 g/mol. The Bertz CT molecular complexity index is 277. The summed E-state index contributed by atoms with van der Waals surface area (Å²) in [6.07, 6.45) is 6.91. The van der Waals surface area contributed by atoms with Gasteiger partial charge in [-0.2, -0.15) is 0 Å². The molecule has 0 aromatic heterocycles. The number of hydrogen-bond acceptors (Lipinski definition) is 2. The zero-order valence-corrected chi connectivity index (χ0v) is 11.1. The second-order valence-electron chi connectivity index (χ2n) is 6.16. The van der Waals surface area contributed by atoms with Crippen molar-refractivity contribution in [2.45, 2.75) is 52.0 Å². The normalized spacial score (nSPS) is 34.6. The van der Waals surface area contributed by atoms with Crippen molar-refractivity contribution in [3.8, 4) is 0 Å². The lowest BCUT2D eigenvalue weighted by molar-refractivity contribution is -0.124. The highest BCUT2D eigenvalue weighted by atomic mass is 16.1. The largest absolute Gasteiger partial charge is 0.356 e. The lowest BCUT2D eigenvalue weighted by Crippen LogP contribution is -2.39. The van der Waals surface area contributed by atoms with Gasteiger partial charge in [-0.15, -0.1) is 0 Å². The molecule has 5 unspecified atom stereocenters. The third-order valence-electron chi connectivity index (χ3n) is 4.90. The highest BCUT2D eigenvalue weighted by Crippen LogP contribution is 2.49. The molecular formula is C14H26N2O. The third kappa shape index (κ3) is 3.01. The van der Waals surface area contributed by atoms with Gasteiger partial charge in [0.05, 0.1) is 0 Å². The molecule has 0 heterocycles. The van der Waals surface area contributed by atoms with Crippen LogP contribution in [-0.4, -0.2) is 18.5 Å². The van der Waals surface area contributed by atoms with Crippen LogP contribution in [-0.2, 0) is 4.79 Å². The number of carbonyl (C=O) groups is 1. The molecule has 1 amide bonds. The van der Waals surface area contributed by atoms with Crippen LogP contribution in [0.5, 0.6) is 0 Å². The molecule has 98 valence electrons. The van der Waals surface area contributed by atoms with E-state index in [0.29, 0.717) is 0 Å². The Hall–Kier alpha value is -0.570. The fourth-order valence-electron chi connectivity index (χ4n) is 3.51. The molecule has 3 nitrogen and oxygen atoms in total. The van der Waals surface area contributed by atoms with Gasteiger partial charge in [0.25, 0.3) is 0 Å². The fraction of sp³-hybridized carbons (Fsp3) is 0.929.